The highest BCUT2D eigenvalue weighted by Crippen LogP contribution is 2.42. The van der Waals surface area contributed by atoms with Crippen LogP contribution in [0.3, 0.4) is 0 Å². The Hall–Kier alpha value is -2.22. The van der Waals surface area contributed by atoms with Gasteiger partial charge in [0.1, 0.15) is 5.75 Å². The van der Waals surface area contributed by atoms with E-state index < -0.39 is 30.0 Å². The molecule has 0 aliphatic carbocycles. The lowest BCUT2D eigenvalue weighted by Crippen LogP contribution is -2.59. The van der Waals surface area contributed by atoms with Crippen LogP contribution >= 0.6 is 0 Å². The third-order valence-electron chi connectivity index (χ3n) is 4.44. The van der Waals surface area contributed by atoms with E-state index in [1.807, 2.05) is 13.8 Å². The van der Waals surface area contributed by atoms with Crippen LogP contribution in [-0.4, -0.2) is 33.0 Å². The molecule has 0 radical (unpaired) electrons. The molecule has 1 heterocycles. The van der Waals surface area contributed by atoms with Crippen LogP contribution < -0.4 is 5.43 Å². The van der Waals surface area contributed by atoms with Crippen molar-refractivity contribution in [1.82, 2.24) is 10.4 Å². The first-order valence-corrected chi connectivity index (χ1v) is 8.24. The summed E-state index contributed by atoms with van der Waals surface area (Å²) >= 11 is 0. The van der Waals surface area contributed by atoms with Crippen LogP contribution in [0.4, 0.5) is 13.2 Å². The lowest BCUT2D eigenvalue weighted by atomic mass is 9.91. The SMILES string of the molecule is C=C1CC(O)(C(F)(F)F)N(C(=O)c2cc(C(C)C)cc(C(C)C)c2O)N1. The average molecular weight is 372 g/mol. The van der Waals surface area contributed by atoms with Crippen molar-refractivity contribution < 1.29 is 28.2 Å². The number of hydrogen-bond donors (Lipinski definition) is 3. The Kier molecular flexibility index (Phi) is 5.02. The third kappa shape index (κ3) is 3.25. The van der Waals surface area contributed by atoms with Gasteiger partial charge in [0.05, 0.1) is 5.56 Å². The van der Waals surface area contributed by atoms with E-state index in [4.69, 9.17) is 0 Å². The van der Waals surface area contributed by atoms with E-state index in [1.54, 1.807) is 19.9 Å². The fourth-order valence-corrected chi connectivity index (χ4v) is 2.85. The van der Waals surface area contributed by atoms with Crippen molar-refractivity contribution in [3.05, 3.63) is 41.1 Å². The standard InChI is InChI=1S/C18H23F3N2O3/c1-9(2)12-6-13(10(3)4)15(24)14(7-12)16(25)23-17(26,18(19,20)21)8-11(5)22-23/h6-7,9-10,22,24,26H,5,8H2,1-4H3. The lowest BCUT2D eigenvalue weighted by molar-refractivity contribution is -0.299. The highest BCUT2D eigenvalue weighted by Gasteiger charge is 2.63. The summed E-state index contributed by atoms with van der Waals surface area (Å²) in [5, 5.41) is 20.7. The molecule has 8 heteroatoms. The monoisotopic (exact) mass is 372 g/mol. The highest BCUT2D eigenvalue weighted by molar-refractivity contribution is 5.98. The number of alkyl halides is 3. The quantitative estimate of drug-likeness (QED) is 0.756. The molecule has 1 atom stereocenters. The zero-order chi connectivity index (χ0) is 20.0. The Morgan fingerprint density at radius 1 is 1.27 bits per heavy atom. The molecule has 0 aromatic heterocycles. The number of nitrogens with zero attached hydrogens (tertiary/aromatic N) is 1. The van der Waals surface area contributed by atoms with E-state index in [2.05, 4.69) is 12.0 Å². The van der Waals surface area contributed by atoms with Gasteiger partial charge in [-0.2, -0.15) is 13.2 Å². The van der Waals surface area contributed by atoms with Gasteiger partial charge in [-0.3, -0.25) is 10.2 Å². The fraction of sp³-hybridized carbons (Fsp3) is 0.500. The number of aromatic hydroxyl groups is 1. The number of aliphatic hydroxyl groups is 1. The zero-order valence-electron chi connectivity index (χ0n) is 15.1. The molecule has 1 saturated heterocycles. The normalized spacial score (nSPS) is 20.8. The second kappa shape index (κ2) is 6.50. The maximum absolute atomic E-state index is 13.4. The van der Waals surface area contributed by atoms with Crippen molar-refractivity contribution in [3.8, 4) is 5.75 Å². The van der Waals surface area contributed by atoms with Gasteiger partial charge < -0.3 is 10.2 Å². The predicted molar refractivity (Wildman–Crippen MR) is 90.4 cm³/mol. The summed E-state index contributed by atoms with van der Waals surface area (Å²) in [5.41, 5.74) is -0.552. The second-order valence-electron chi connectivity index (χ2n) is 7.16. The smallest absolute Gasteiger partial charge is 0.438 e. The van der Waals surface area contributed by atoms with Crippen LogP contribution in [0.15, 0.2) is 24.4 Å². The van der Waals surface area contributed by atoms with Crippen molar-refractivity contribution in [2.24, 2.45) is 0 Å². The number of benzene rings is 1. The summed E-state index contributed by atoms with van der Waals surface area (Å²) in [6, 6.07) is 3.08. The molecule has 1 aliphatic heterocycles. The van der Waals surface area contributed by atoms with E-state index in [-0.39, 0.29) is 28.1 Å². The van der Waals surface area contributed by atoms with Gasteiger partial charge in [0, 0.05) is 12.1 Å². The van der Waals surface area contributed by atoms with Crippen LogP contribution in [0.25, 0.3) is 0 Å². The number of rotatable bonds is 3. The number of amides is 1. The minimum absolute atomic E-state index is 0.0114. The van der Waals surface area contributed by atoms with Crippen LogP contribution in [0.1, 0.15) is 67.4 Å². The van der Waals surface area contributed by atoms with Gasteiger partial charge in [-0.25, -0.2) is 5.01 Å². The highest BCUT2D eigenvalue weighted by atomic mass is 19.4. The topological polar surface area (TPSA) is 72.8 Å². The van der Waals surface area contributed by atoms with Crippen LogP contribution in [0.5, 0.6) is 5.75 Å². The Labute approximate surface area is 150 Å². The number of hydrazine groups is 1. The summed E-state index contributed by atoms with van der Waals surface area (Å²) in [7, 11) is 0. The van der Waals surface area contributed by atoms with Crippen molar-refractivity contribution >= 4 is 5.91 Å². The van der Waals surface area contributed by atoms with Crippen LogP contribution in [-0.2, 0) is 0 Å². The molecule has 5 nitrogen and oxygen atoms in total. The Balaban J connectivity index is 2.60. The van der Waals surface area contributed by atoms with Gasteiger partial charge in [-0.1, -0.05) is 40.3 Å². The molecule has 1 aromatic rings. The van der Waals surface area contributed by atoms with E-state index >= 15 is 0 Å². The first-order valence-electron chi connectivity index (χ1n) is 8.24. The predicted octanol–water partition coefficient (Wildman–Crippen LogP) is 3.75. The largest absolute Gasteiger partial charge is 0.507 e. The van der Waals surface area contributed by atoms with Crippen LogP contribution in [0, 0.1) is 0 Å². The first-order chi connectivity index (χ1) is 11.8. The summed E-state index contributed by atoms with van der Waals surface area (Å²) in [4.78, 5) is 12.8. The molecule has 0 bridgehead atoms. The third-order valence-corrected chi connectivity index (χ3v) is 4.44. The summed E-state index contributed by atoms with van der Waals surface area (Å²) < 4.78 is 40.1. The second-order valence-corrected chi connectivity index (χ2v) is 7.16. The Morgan fingerprint density at radius 3 is 2.31 bits per heavy atom. The molecule has 3 N–H and O–H groups in total. The molecule has 26 heavy (non-hydrogen) atoms. The van der Waals surface area contributed by atoms with Gasteiger partial charge in [-0.15, -0.1) is 0 Å². The molecular weight excluding hydrogens is 349 g/mol. The minimum Gasteiger partial charge on any atom is -0.507 e. The van der Waals surface area contributed by atoms with Gasteiger partial charge >= 0.3 is 6.18 Å². The van der Waals surface area contributed by atoms with E-state index in [0.29, 0.717) is 11.1 Å². The molecule has 1 amide bonds. The fourth-order valence-electron chi connectivity index (χ4n) is 2.85. The molecule has 0 spiro atoms. The van der Waals surface area contributed by atoms with Crippen molar-refractivity contribution in [3.63, 3.8) is 0 Å². The Morgan fingerprint density at radius 2 is 1.85 bits per heavy atom. The van der Waals surface area contributed by atoms with Crippen LogP contribution in [0.2, 0.25) is 0 Å². The molecule has 1 aliphatic rings. The number of phenolic OH excluding ortho intramolecular Hbond substituents is 1. The first kappa shape index (κ1) is 20.1. The summed E-state index contributed by atoms with van der Waals surface area (Å²) in [6.45, 7) is 10.7. The molecule has 0 saturated carbocycles. The lowest BCUT2D eigenvalue weighted by Gasteiger charge is -2.34. The maximum Gasteiger partial charge on any atom is 0.438 e. The zero-order valence-corrected chi connectivity index (χ0v) is 15.1. The molecule has 1 fully saturated rings. The molecule has 1 unspecified atom stereocenters. The van der Waals surface area contributed by atoms with Crippen molar-refractivity contribution in [1.29, 1.82) is 0 Å². The van der Waals surface area contributed by atoms with E-state index in [9.17, 15) is 28.2 Å². The van der Waals surface area contributed by atoms with E-state index in [0.717, 1.165) is 0 Å². The molecule has 2 rings (SSSR count). The number of carbonyl (C=O) groups excluding carboxylic acids is 1. The molecule has 144 valence electrons. The number of carbonyl (C=O) groups is 1. The number of halogens is 3. The van der Waals surface area contributed by atoms with Crippen molar-refractivity contribution in [2.75, 3.05) is 0 Å². The maximum atomic E-state index is 13.4. The Bertz CT molecular complexity index is 744. The molecule has 1 aromatic carbocycles. The van der Waals surface area contributed by atoms with E-state index in [1.165, 1.54) is 6.07 Å². The number of phenols is 1. The molecular formula is C18H23F3N2O3. The van der Waals surface area contributed by atoms with Gasteiger partial charge in [0.25, 0.3) is 11.6 Å². The number of nitrogens with one attached hydrogen (secondary N) is 1. The van der Waals surface area contributed by atoms with Gasteiger partial charge in [-0.05, 0) is 29.0 Å². The average Bonchev–Trinajstić information content (AvgIpc) is 2.82. The minimum atomic E-state index is -5.10. The van der Waals surface area contributed by atoms with Crippen molar-refractivity contribution in [2.45, 2.75) is 57.9 Å². The summed E-state index contributed by atoms with van der Waals surface area (Å²) in [6.07, 6.45) is -5.98. The van der Waals surface area contributed by atoms with Gasteiger partial charge in [0.15, 0.2) is 0 Å². The number of hydrogen-bond acceptors (Lipinski definition) is 4. The summed E-state index contributed by atoms with van der Waals surface area (Å²) in [5.74, 6) is -1.73. The van der Waals surface area contributed by atoms with Gasteiger partial charge in [0.2, 0.25) is 0 Å².